The molecule has 0 aromatic heterocycles. The van der Waals surface area contributed by atoms with Crippen molar-refractivity contribution in [2.75, 3.05) is 17.1 Å². The van der Waals surface area contributed by atoms with Crippen molar-refractivity contribution >= 4 is 33.4 Å². The van der Waals surface area contributed by atoms with E-state index in [1.54, 1.807) is 49.6 Å². The van der Waals surface area contributed by atoms with Crippen molar-refractivity contribution in [1.29, 1.82) is 0 Å². The minimum atomic E-state index is -3.72. The summed E-state index contributed by atoms with van der Waals surface area (Å²) < 4.78 is 32.7. The van der Waals surface area contributed by atoms with E-state index in [2.05, 4.69) is 10.0 Å². The molecule has 0 radical (unpaired) electrons. The smallest absolute Gasteiger partial charge is 0.261 e. The van der Waals surface area contributed by atoms with E-state index in [0.717, 1.165) is 11.3 Å². The summed E-state index contributed by atoms with van der Waals surface area (Å²) in [4.78, 5) is 12.2. The first-order chi connectivity index (χ1) is 14.4. The van der Waals surface area contributed by atoms with Gasteiger partial charge in [-0.15, -0.1) is 0 Å². The molecule has 0 saturated carbocycles. The van der Waals surface area contributed by atoms with Gasteiger partial charge in [0.25, 0.3) is 10.0 Å². The van der Waals surface area contributed by atoms with Crippen molar-refractivity contribution < 1.29 is 17.9 Å². The Bertz CT molecular complexity index is 1150. The first kappa shape index (κ1) is 21.1. The second kappa shape index (κ2) is 9.28. The van der Waals surface area contributed by atoms with Crippen molar-refractivity contribution in [3.63, 3.8) is 0 Å². The highest BCUT2D eigenvalue weighted by molar-refractivity contribution is 7.92. The van der Waals surface area contributed by atoms with Crippen molar-refractivity contribution in [1.82, 2.24) is 0 Å². The maximum Gasteiger partial charge on any atom is 0.261 e. The molecule has 0 aliphatic rings. The molecule has 2 N–H and O–H groups in total. The van der Waals surface area contributed by atoms with E-state index in [1.165, 1.54) is 18.2 Å². The number of rotatable bonds is 7. The number of hydrogen-bond acceptors (Lipinski definition) is 4. The quantitative estimate of drug-likeness (QED) is 0.551. The first-order valence-electron chi connectivity index (χ1n) is 9.19. The molecule has 154 valence electrons. The van der Waals surface area contributed by atoms with Gasteiger partial charge in [0, 0.05) is 17.5 Å². The summed E-state index contributed by atoms with van der Waals surface area (Å²) in [5.41, 5.74) is 2.86. The first-order valence-corrected chi connectivity index (χ1v) is 10.7. The largest absolute Gasteiger partial charge is 0.497 e. The summed E-state index contributed by atoms with van der Waals surface area (Å²) in [6, 6.07) is 20.4. The maximum absolute atomic E-state index is 12.5. The van der Waals surface area contributed by atoms with Crippen molar-refractivity contribution in [2.24, 2.45) is 0 Å². The molecule has 0 aliphatic heterocycles. The van der Waals surface area contributed by atoms with Crippen LogP contribution < -0.4 is 14.8 Å². The number of para-hydroxylation sites is 1. The number of carbonyl (C=O) groups is 1. The highest BCUT2D eigenvalue weighted by Crippen LogP contribution is 2.20. The van der Waals surface area contributed by atoms with Crippen LogP contribution in [0.15, 0.2) is 83.8 Å². The Morgan fingerprint density at radius 2 is 1.60 bits per heavy atom. The molecule has 0 atom stereocenters. The number of benzene rings is 3. The SMILES string of the molecule is COc1ccc(NS(=O)(=O)c2ccc(/C=C/C(=O)Nc3ccccc3C)cc2)cc1. The van der Waals surface area contributed by atoms with Crippen molar-refractivity contribution in [2.45, 2.75) is 11.8 Å². The average Bonchev–Trinajstić information content (AvgIpc) is 2.74. The van der Waals surface area contributed by atoms with E-state index in [4.69, 9.17) is 4.74 Å². The standard InChI is InChI=1S/C23H22N2O4S/c1-17-5-3-4-6-22(17)24-23(26)16-9-18-7-14-21(15-8-18)30(27,28)25-19-10-12-20(29-2)13-11-19/h3-16,25H,1-2H3,(H,24,26)/b16-9+. The molecule has 0 fully saturated rings. The molecule has 3 aromatic carbocycles. The van der Waals surface area contributed by atoms with Gasteiger partial charge in [-0.25, -0.2) is 8.42 Å². The summed E-state index contributed by atoms with van der Waals surface area (Å²) in [5.74, 6) is 0.378. The van der Waals surface area contributed by atoms with Crippen LogP contribution in [0.3, 0.4) is 0 Å². The molecule has 30 heavy (non-hydrogen) atoms. The normalized spacial score (nSPS) is 11.3. The predicted molar refractivity (Wildman–Crippen MR) is 119 cm³/mol. The number of ether oxygens (including phenoxy) is 1. The Morgan fingerprint density at radius 3 is 2.23 bits per heavy atom. The number of anilines is 2. The van der Waals surface area contributed by atoms with Gasteiger partial charge in [-0.1, -0.05) is 30.3 Å². The highest BCUT2D eigenvalue weighted by Gasteiger charge is 2.14. The second-order valence-electron chi connectivity index (χ2n) is 6.54. The molecule has 6 nitrogen and oxygen atoms in total. The maximum atomic E-state index is 12.5. The third kappa shape index (κ3) is 5.48. The van der Waals surface area contributed by atoms with Gasteiger partial charge in [0.2, 0.25) is 5.91 Å². The van der Waals surface area contributed by atoms with Crippen LogP contribution in [0.4, 0.5) is 11.4 Å². The zero-order valence-corrected chi connectivity index (χ0v) is 17.4. The fraction of sp³-hybridized carbons (Fsp3) is 0.0870. The summed E-state index contributed by atoms with van der Waals surface area (Å²) in [5, 5.41) is 2.81. The Hall–Kier alpha value is -3.58. The Morgan fingerprint density at radius 1 is 0.933 bits per heavy atom. The third-order valence-corrected chi connectivity index (χ3v) is 5.76. The molecular weight excluding hydrogens is 400 g/mol. The highest BCUT2D eigenvalue weighted by atomic mass is 32.2. The van der Waals surface area contributed by atoms with E-state index in [9.17, 15) is 13.2 Å². The summed E-state index contributed by atoms with van der Waals surface area (Å²) in [7, 11) is -2.18. The minimum Gasteiger partial charge on any atom is -0.497 e. The number of methoxy groups -OCH3 is 1. The van der Waals surface area contributed by atoms with Gasteiger partial charge >= 0.3 is 0 Å². The van der Waals surface area contributed by atoms with Crippen molar-refractivity contribution in [3.8, 4) is 5.75 Å². The van der Waals surface area contributed by atoms with Gasteiger partial charge in [-0.3, -0.25) is 9.52 Å². The number of amides is 1. The van der Waals surface area contributed by atoms with E-state index in [1.807, 2.05) is 31.2 Å². The van der Waals surface area contributed by atoms with Gasteiger partial charge in [0.15, 0.2) is 0 Å². The molecular formula is C23H22N2O4S. The molecule has 3 rings (SSSR count). The monoisotopic (exact) mass is 422 g/mol. The lowest BCUT2D eigenvalue weighted by atomic mass is 10.2. The van der Waals surface area contributed by atoms with E-state index in [0.29, 0.717) is 17.0 Å². The number of carbonyl (C=O) groups excluding carboxylic acids is 1. The average molecular weight is 423 g/mol. The topological polar surface area (TPSA) is 84.5 Å². The van der Waals surface area contributed by atoms with Crippen LogP contribution in [0.1, 0.15) is 11.1 Å². The number of aryl methyl sites for hydroxylation is 1. The molecule has 0 aliphatic carbocycles. The number of sulfonamides is 1. The van der Waals surface area contributed by atoms with E-state index in [-0.39, 0.29) is 10.8 Å². The fourth-order valence-electron chi connectivity index (χ4n) is 2.69. The summed E-state index contributed by atoms with van der Waals surface area (Å²) in [6.45, 7) is 1.92. The van der Waals surface area contributed by atoms with Gasteiger partial charge in [0.1, 0.15) is 5.75 Å². The lowest BCUT2D eigenvalue weighted by Crippen LogP contribution is -2.12. The lowest BCUT2D eigenvalue weighted by molar-refractivity contribution is -0.111. The van der Waals surface area contributed by atoms with Crippen LogP contribution in [-0.4, -0.2) is 21.4 Å². The third-order valence-electron chi connectivity index (χ3n) is 4.36. The molecule has 0 bridgehead atoms. The molecule has 7 heteroatoms. The molecule has 0 spiro atoms. The van der Waals surface area contributed by atoms with E-state index >= 15 is 0 Å². The van der Waals surface area contributed by atoms with Crippen LogP contribution in [0.25, 0.3) is 6.08 Å². The van der Waals surface area contributed by atoms with Crippen LogP contribution in [0, 0.1) is 6.92 Å². The molecule has 3 aromatic rings. The zero-order chi connectivity index (χ0) is 21.6. The summed E-state index contributed by atoms with van der Waals surface area (Å²) in [6.07, 6.45) is 3.03. The molecule has 0 saturated heterocycles. The van der Waals surface area contributed by atoms with Gasteiger partial charge in [-0.05, 0) is 66.6 Å². The number of hydrogen-bond donors (Lipinski definition) is 2. The predicted octanol–water partition coefficient (Wildman–Crippen LogP) is 4.46. The van der Waals surface area contributed by atoms with Gasteiger partial charge in [0.05, 0.1) is 12.0 Å². The zero-order valence-electron chi connectivity index (χ0n) is 16.6. The van der Waals surface area contributed by atoms with Crippen LogP contribution in [0.2, 0.25) is 0 Å². The molecule has 0 heterocycles. The summed E-state index contributed by atoms with van der Waals surface area (Å²) >= 11 is 0. The Balaban J connectivity index is 1.65. The van der Waals surface area contributed by atoms with Crippen LogP contribution in [0.5, 0.6) is 5.75 Å². The number of nitrogens with one attached hydrogen (secondary N) is 2. The lowest BCUT2D eigenvalue weighted by Gasteiger charge is -2.09. The fourth-order valence-corrected chi connectivity index (χ4v) is 3.75. The van der Waals surface area contributed by atoms with E-state index < -0.39 is 10.0 Å². The Labute approximate surface area is 176 Å². The van der Waals surface area contributed by atoms with Crippen LogP contribution >= 0.6 is 0 Å². The Kier molecular flexibility index (Phi) is 6.54. The second-order valence-corrected chi connectivity index (χ2v) is 8.22. The van der Waals surface area contributed by atoms with Gasteiger partial charge in [-0.2, -0.15) is 0 Å². The van der Waals surface area contributed by atoms with Crippen molar-refractivity contribution in [3.05, 3.63) is 90.0 Å². The minimum absolute atomic E-state index is 0.125. The molecule has 1 amide bonds. The van der Waals surface area contributed by atoms with Gasteiger partial charge < -0.3 is 10.1 Å². The van der Waals surface area contributed by atoms with Crippen LogP contribution in [-0.2, 0) is 14.8 Å². The molecule has 0 unspecified atom stereocenters.